The van der Waals surface area contributed by atoms with Crippen molar-refractivity contribution in [3.8, 4) is 16.3 Å². The topological polar surface area (TPSA) is 69.4 Å². The summed E-state index contributed by atoms with van der Waals surface area (Å²) in [4.78, 5) is 29.6. The lowest BCUT2D eigenvalue weighted by atomic mass is 10.1. The number of fused-ring (bicyclic) bond motifs is 2. The Hall–Kier alpha value is -4.03. The van der Waals surface area contributed by atoms with Crippen LogP contribution in [-0.2, 0) is 4.79 Å². The first-order valence-corrected chi connectivity index (χ1v) is 10.4. The van der Waals surface area contributed by atoms with E-state index in [2.05, 4.69) is 4.98 Å². The molecule has 5 nitrogen and oxygen atoms in total. The Kier molecular flexibility index (Phi) is 4.90. The SMILES string of the molecule is O=C(C=Cc1ccccc1)Oc1ccc2c(=O)c(-c3nc4ccccc4s3)coc2c1. The lowest BCUT2D eigenvalue weighted by Gasteiger charge is -2.04. The molecule has 0 N–H and O–H groups in total. The maximum Gasteiger partial charge on any atom is 0.336 e. The summed E-state index contributed by atoms with van der Waals surface area (Å²) in [5.41, 5.74) is 2.30. The van der Waals surface area contributed by atoms with E-state index in [0.29, 0.717) is 27.3 Å². The van der Waals surface area contributed by atoms with Gasteiger partial charge < -0.3 is 9.15 Å². The number of hydrogen-bond acceptors (Lipinski definition) is 6. The third kappa shape index (κ3) is 3.89. The Morgan fingerprint density at radius 3 is 2.65 bits per heavy atom. The van der Waals surface area contributed by atoms with Crippen molar-refractivity contribution in [2.24, 2.45) is 0 Å². The third-order valence-electron chi connectivity index (χ3n) is 4.70. The van der Waals surface area contributed by atoms with Crippen LogP contribution in [0.3, 0.4) is 0 Å². The van der Waals surface area contributed by atoms with E-state index in [0.717, 1.165) is 15.8 Å². The summed E-state index contributed by atoms with van der Waals surface area (Å²) in [5, 5.41) is 1.01. The number of para-hydroxylation sites is 1. The van der Waals surface area contributed by atoms with Gasteiger partial charge in [-0.15, -0.1) is 11.3 Å². The monoisotopic (exact) mass is 425 g/mol. The van der Waals surface area contributed by atoms with Crippen molar-refractivity contribution in [1.82, 2.24) is 4.98 Å². The number of aromatic nitrogens is 1. The normalized spacial score (nSPS) is 11.4. The van der Waals surface area contributed by atoms with Crippen LogP contribution in [0, 0.1) is 0 Å². The van der Waals surface area contributed by atoms with Gasteiger partial charge in [-0.05, 0) is 35.9 Å². The second-order valence-electron chi connectivity index (χ2n) is 6.79. The molecule has 0 bridgehead atoms. The van der Waals surface area contributed by atoms with Crippen molar-refractivity contribution < 1.29 is 13.9 Å². The molecule has 0 aliphatic heterocycles. The summed E-state index contributed by atoms with van der Waals surface area (Å²) in [6, 6.07) is 21.9. The van der Waals surface area contributed by atoms with Gasteiger partial charge in [0.2, 0.25) is 5.43 Å². The van der Waals surface area contributed by atoms with Crippen LogP contribution in [-0.4, -0.2) is 11.0 Å². The van der Waals surface area contributed by atoms with E-state index in [4.69, 9.17) is 9.15 Å². The van der Waals surface area contributed by atoms with E-state index in [9.17, 15) is 9.59 Å². The smallest absolute Gasteiger partial charge is 0.336 e. The molecule has 0 fully saturated rings. The highest BCUT2D eigenvalue weighted by Crippen LogP contribution is 2.30. The summed E-state index contributed by atoms with van der Waals surface area (Å²) in [5.74, 6) is -0.220. The first kappa shape index (κ1) is 19.0. The number of rotatable bonds is 4. The minimum Gasteiger partial charge on any atom is -0.463 e. The molecule has 3 aromatic carbocycles. The highest BCUT2D eigenvalue weighted by Gasteiger charge is 2.14. The number of hydrogen-bond donors (Lipinski definition) is 0. The van der Waals surface area contributed by atoms with Gasteiger partial charge in [-0.2, -0.15) is 0 Å². The maximum atomic E-state index is 13.0. The van der Waals surface area contributed by atoms with E-state index in [1.54, 1.807) is 18.2 Å². The van der Waals surface area contributed by atoms with Gasteiger partial charge in [-0.25, -0.2) is 9.78 Å². The minimum absolute atomic E-state index is 0.179. The number of nitrogens with zero attached hydrogens (tertiary/aromatic N) is 1. The fraction of sp³-hybridized carbons (Fsp3) is 0. The van der Waals surface area contributed by atoms with E-state index in [1.807, 2.05) is 54.6 Å². The van der Waals surface area contributed by atoms with E-state index < -0.39 is 5.97 Å². The predicted molar refractivity (Wildman–Crippen MR) is 122 cm³/mol. The quantitative estimate of drug-likeness (QED) is 0.210. The lowest BCUT2D eigenvalue weighted by molar-refractivity contribution is -0.128. The molecule has 5 rings (SSSR count). The molecular formula is C25H15NO4S. The van der Waals surface area contributed by atoms with Crippen LogP contribution in [0.2, 0.25) is 0 Å². The standard InChI is InChI=1S/C25H15NO4S/c27-23(13-10-16-6-2-1-3-7-16)30-17-11-12-18-21(14-17)29-15-19(24(18)28)25-26-20-8-4-5-9-22(20)31-25/h1-15H. The number of benzene rings is 3. The molecule has 31 heavy (non-hydrogen) atoms. The van der Waals surface area contributed by atoms with Crippen molar-refractivity contribution in [1.29, 1.82) is 0 Å². The first-order valence-electron chi connectivity index (χ1n) is 9.54. The number of thiazole rings is 1. The number of carbonyl (C=O) groups excluding carboxylic acids is 1. The number of ether oxygens (including phenoxy) is 1. The predicted octanol–water partition coefficient (Wildman–Crippen LogP) is 5.69. The van der Waals surface area contributed by atoms with Crippen LogP contribution in [0.25, 0.3) is 37.8 Å². The van der Waals surface area contributed by atoms with Crippen LogP contribution < -0.4 is 10.2 Å². The van der Waals surface area contributed by atoms with Crippen LogP contribution in [0.15, 0.2) is 94.3 Å². The molecular weight excluding hydrogens is 410 g/mol. The molecule has 0 amide bonds. The van der Waals surface area contributed by atoms with Gasteiger partial charge >= 0.3 is 5.97 Å². The lowest BCUT2D eigenvalue weighted by Crippen LogP contribution is -2.06. The summed E-state index contributed by atoms with van der Waals surface area (Å²) in [7, 11) is 0. The largest absolute Gasteiger partial charge is 0.463 e. The Bertz CT molecular complexity index is 1470. The third-order valence-corrected chi connectivity index (χ3v) is 5.77. The Balaban J connectivity index is 1.42. The van der Waals surface area contributed by atoms with Gasteiger partial charge in [-0.1, -0.05) is 42.5 Å². The van der Waals surface area contributed by atoms with Crippen LogP contribution in [0.5, 0.6) is 5.75 Å². The Morgan fingerprint density at radius 1 is 1.00 bits per heavy atom. The average Bonchev–Trinajstić information content (AvgIpc) is 3.22. The minimum atomic E-state index is -0.517. The van der Waals surface area contributed by atoms with Gasteiger partial charge in [0, 0.05) is 12.1 Å². The molecule has 6 heteroatoms. The van der Waals surface area contributed by atoms with E-state index >= 15 is 0 Å². The van der Waals surface area contributed by atoms with Gasteiger partial charge in [0.05, 0.1) is 21.2 Å². The van der Waals surface area contributed by atoms with Crippen molar-refractivity contribution in [3.63, 3.8) is 0 Å². The highest BCUT2D eigenvalue weighted by molar-refractivity contribution is 7.21. The second kappa shape index (κ2) is 8.01. The van der Waals surface area contributed by atoms with Crippen molar-refractivity contribution in [3.05, 3.63) is 101 Å². The summed E-state index contributed by atoms with van der Waals surface area (Å²) >= 11 is 1.44. The summed E-state index contributed by atoms with van der Waals surface area (Å²) in [6.07, 6.45) is 4.43. The molecule has 0 unspecified atom stereocenters. The van der Waals surface area contributed by atoms with Gasteiger partial charge in [0.15, 0.2) is 0 Å². The van der Waals surface area contributed by atoms with E-state index in [1.165, 1.54) is 29.7 Å². The van der Waals surface area contributed by atoms with Gasteiger partial charge in [0.1, 0.15) is 22.6 Å². The number of carbonyl (C=O) groups is 1. The van der Waals surface area contributed by atoms with Gasteiger partial charge in [0.25, 0.3) is 0 Å². The molecule has 0 atom stereocenters. The Labute approximate surface area is 180 Å². The fourth-order valence-corrected chi connectivity index (χ4v) is 4.15. The van der Waals surface area contributed by atoms with Crippen LogP contribution in [0.4, 0.5) is 0 Å². The van der Waals surface area contributed by atoms with Crippen LogP contribution in [0.1, 0.15) is 5.56 Å². The molecule has 0 spiro atoms. The van der Waals surface area contributed by atoms with E-state index in [-0.39, 0.29) is 5.43 Å². The second-order valence-corrected chi connectivity index (χ2v) is 7.82. The maximum absolute atomic E-state index is 13.0. The molecule has 5 aromatic rings. The average molecular weight is 425 g/mol. The molecule has 0 aliphatic rings. The molecule has 2 aromatic heterocycles. The number of esters is 1. The van der Waals surface area contributed by atoms with Crippen molar-refractivity contribution in [2.45, 2.75) is 0 Å². The molecule has 150 valence electrons. The first-order chi connectivity index (χ1) is 15.2. The molecule has 0 saturated heterocycles. The summed E-state index contributed by atoms with van der Waals surface area (Å²) in [6.45, 7) is 0. The molecule has 2 heterocycles. The zero-order valence-electron chi connectivity index (χ0n) is 16.1. The highest BCUT2D eigenvalue weighted by atomic mass is 32.1. The summed E-state index contributed by atoms with van der Waals surface area (Å²) < 4.78 is 12.0. The van der Waals surface area contributed by atoms with Crippen molar-refractivity contribution in [2.75, 3.05) is 0 Å². The molecule has 0 saturated carbocycles. The van der Waals surface area contributed by atoms with Crippen LogP contribution >= 0.6 is 11.3 Å². The molecule has 0 aliphatic carbocycles. The molecule has 0 radical (unpaired) electrons. The Morgan fingerprint density at radius 2 is 1.81 bits per heavy atom. The fourth-order valence-electron chi connectivity index (χ4n) is 3.19. The van der Waals surface area contributed by atoms with Crippen molar-refractivity contribution >= 4 is 44.6 Å². The zero-order valence-corrected chi connectivity index (χ0v) is 17.0. The zero-order chi connectivity index (χ0) is 21.2. The van der Waals surface area contributed by atoms with Gasteiger partial charge in [-0.3, -0.25) is 4.79 Å².